The highest BCUT2D eigenvalue weighted by Gasteiger charge is 2.14. The Morgan fingerprint density at radius 1 is 0.909 bits per heavy atom. The molecule has 2 aromatic carbocycles. The van der Waals surface area contributed by atoms with E-state index < -0.39 is 0 Å². The van der Waals surface area contributed by atoms with E-state index in [4.69, 9.17) is 4.98 Å². The van der Waals surface area contributed by atoms with Crippen LogP contribution in [0.5, 0.6) is 0 Å². The van der Waals surface area contributed by atoms with Gasteiger partial charge in [-0.25, -0.2) is 4.98 Å². The molecule has 0 bridgehead atoms. The van der Waals surface area contributed by atoms with E-state index in [-0.39, 0.29) is 50.9 Å². The maximum atomic E-state index is 4.95. The number of rotatable bonds is 7. The maximum absolute atomic E-state index is 4.95. The Balaban J connectivity index is 0.00000181. The summed E-state index contributed by atoms with van der Waals surface area (Å²) in [6, 6.07) is 19.5. The quantitative estimate of drug-likeness (QED) is 0.331. The molecule has 0 atom stereocenters. The van der Waals surface area contributed by atoms with Crippen LogP contribution >= 0.6 is 50.9 Å². The largest absolute Gasteiger partial charge is 0.384 e. The Morgan fingerprint density at radius 2 is 1.58 bits per heavy atom. The number of hydrogen-bond acceptors (Lipinski definition) is 5. The van der Waals surface area contributed by atoms with Crippen LogP contribution in [-0.2, 0) is 0 Å². The van der Waals surface area contributed by atoms with Crippen LogP contribution in [0.2, 0.25) is 0 Å². The molecule has 0 aliphatic carbocycles. The molecule has 2 heterocycles. The van der Waals surface area contributed by atoms with Crippen LogP contribution in [0, 0.1) is 0 Å². The van der Waals surface area contributed by atoms with Crippen LogP contribution < -0.4 is 10.2 Å². The lowest BCUT2D eigenvalue weighted by Gasteiger charge is -2.34. The summed E-state index contributed by atoms with van der Waals surface area (Å²) in [6.45, 7) is 6.45. The summed E-state index contributed by atoms with van der Waals surface area (Å²) < 4.78 is 0. The zero-order valence-corrected chi connectivity index (χ0v) is 24.8. The predicted octanol–water partition coefficient (Wildman–Crippen LogP) is 5.75. The van der Waals surface area contributed by atoms with Crippen molar-refractivity contribution in [1.82, 2.24) is 14.8 Å². The molecule has 33 heavy (non-hydrogen) atoms. The number of hydrogen-bond donors (Lipinski definition) is 1. The van der Waals surface area contributed by atoms with Gasteiger partial charge in [0.2, 0.25) is 0 Å². The number of anilines is 2. The van der Waals surface area contributed by atoms with E-state index in [2.05, 4.69) is 95.8 Å². The first-order chi connectivity index (χ1) is 14.6. The second-order valence-corrected chi connectivity index (χ2v) is 8.49. The standard InChI is InChI=1S/C25H33N5.3BrH/c1-28(2)14-6-13-26-25-19-24(27-23-8-5-4-7-22(23)25)20-9-11-21(12-10-20)30-17-15-29(3)16-18-30;;;/h4-5,7-12,19H,6,13-18H2,1-3H3,(H,26,27);3*1H. The predicted molar refractivity (Wildman–Crippen MR) is 160 cm³/mol. The highest BCUT2D eigenvalue weighted by Crippen LogP contribution is 2.29. The van der Waals surface area contributed by atoms with E-state index in [1.54, 1.807) is 0 Å². The number of piperazine rings is 1. The molecule has 0 amide bonds. The molecule has 5 nitrogen and oxygen atoms in total. The SMILES string of the molecule is Br.Br.Br.CN(C)CCCNc1cc(-c2ccc(N3CCN(C)CC3)cc2)nc2ccccc12. The number of likely N-dealkylation sites (N-methyl/N-ethyl adjacent to an activating group) is 1. The molecule has 1 aliphatic rings. The fourth-order valence-electron chi connectivity index (χ4n) is 4.00. The number of benzene rings is 2. The number of fused-ring (bicyclic) bond motifs is 1. The van der Waals surface area contributed by atoms with E-state index >= 15 is 0 Å². The second kappa shape index (κ2) is 14.3. The number of pyridine rings is 1. The molecule has 0 spiro atoms. The first kappa shape index (κ1) is 29.8. The van der Waals surface area contributed by atoms with Crippen molar-refractivity contribution in [2.45, 2.75) is 6.42 Å². The van der Waals surface area contributed by atoms with Crippen LogP contribution in [0.1, 0.15) is 6.42 Å². The summed E-state index contributed by atoms with van der Waals surface area (Å²) in [7, 11) is 6.43. The van der Waals surface area contributed by atoms with Crippen molar-refractivity contribution in [3.8, 4) is 11.3 Å². The monoisotopic (exact) mass is 643 g/mol. The zero-order valence-electron chi connectivity index (χ0n) is 19.7. The molecule has 3 aromatic rings. The van der Waals surface area contributed by atoms with Crippen molar-refractivity contribution >= 4 is 73.2 Å². The van der Waals surface area contributed by atoms with Gasteiger partial charge in [0.15, 0.2) is 0 Å². The number of nitrogens with one attached hydrogen (secondary N) is 1. The summed E-state index contributed by atoms with van der Waals surface area (Å²) in [5, 5.41) is 4.82. The third-order valence-electron chi connectivity index (χ3n) is 5.85. The van der Waals surface area contributed by atoms with E-state index in [0.717, 1.165) is 68.2 Å². The topological polar surface area (TPSA) is 34.6 Å². The fourth-order valence-corrected chi connectivity index (χ4v) is 4.00. The highest BCUT2D eigenvalue weighted by atomic mass is 79.9. The van der Waals surface area contributed by atoms with E-state index in [1.165, 1.54) is 11.1 Å². The summed E-state index contributed by atoms with van der Waals surface area (Å²) in [4.78, 5) is 12.0. The molecular formula is C25H36Br3N5. The van der Waals surface area contributed by atoms with E-state index in [9.17, 15) is 0 Å². The second-order valence-electron chi connectivity index (χ2n) is 8.49. The average Bonchev–Trinajstić information content (AvgIpc) is 2.77. The van der Waals surface area contributed by atoms with Gasteiger partial charge in [0.1, 0.15) is 0 Å². The van der Waals surface area contributed by atoms with E-state index in [1.807, 2.05) is 0 Å². The molecule has 1 N–H and O–H groups in total. The summed E-state index contributed by atoms with van der Waals surface area (Å²) in [5.74, 6) is 0. The highest BCUT2D eigenvalue weighted by molar-refractivity contribution is 8.93. The molecule has 4 rings (SSSR count). The first-order valence-corrected chi connectivity index (χ1v) is 10.9. The summed E-state index contributed by atoms with van der Waals surface area (Å²) in [6.07, 6.45) is 1.11. The average molecular weight is 646 g/mol. The van der Waals surface area contributed by atoms with Crippen molar-refractivity contribution in [2.24, 2.45) is 0 Å². The minimum Gasteiger partial charge on any atom is -0.384 e. The molecule has 1 fully saturated rings. The van der Waals surface area contributed by atoms with Gasteiger partial charge in [-0.3, -0.25) is 0 Å². The number of halogens is 3. The number of para-hydroxylation sites is 1. The lowest BCUT2D eigenvalue weighted by molar-refractivity contribution is 0.313. The Bertz CT molecular complexity index is 973. The maximum Gasteiger partial charge on any atom is 0.0730 e. The Morgan fingerprint density at radius 3 is 2.24 bits per heavy atom. The van der Waals surface area contributed by atoms with Gasteiger partial charge in [-0.15, -0.1) is 50.9 Å². The molecule has 0 unspecified atom stereocenters. The van der Waals surface area contributed by atoms with Crippen molar-refractivity contribution in [2.75, 3.05) is 70.6 Å². The minimum absolute atomic E-state index is 0. The van der Waals surface area contributed by atoms with Crippen molar-refractivity contribution in [3.05, 3.63) is 54.6 Å². The molecular weight excluding hydrogens is 610 g/mol. The fraction of sp³-hybridized carbons (Fsp3) is 0.400. The molecule has 0 saturated carbocycles. The van der Waals surface area contributed by atoms with E-state index in [0.29, 0.717) is 0 Å². The normalized spacial score (nSPS) is 13.8. The van der Waals surface area contributed by atoms with Gasteiger partial charge in [0, 0.05) is 55.0 Å². The van der Waals surface area contributed by atoms with Crippen LogP contribution in [0.25, 0.3) is 22.2 Å². The smallest absolute Gasteiger partial charge is 0.0730 e. The lowest BCUT2D eigenvalue weighted by atomic mass is 10.1. The lowest BCUT2D eigenvalue weighted by Crippen LogP contribution is -2.44. The summed E-state index contributed by atoms with van der Waals surface area (Å²) in [5.41, 5.74) is 5.68. The van der Waals surface area contributed by atoms with Crippen molar-refractivity contribution in [3.63, 3.8) is 0 Å². The molecule has 8 heteroatoms. The van der Waals surface area contributed by atoms with Crippen LogP contribution in [0.15, 0.2) is 54.6 Å². The zero-order chi connectivity index (χ0) is 20.9. The Labute approximate surface area is 229 Å². The molecule has 1 saturated heterocycles. The molecule has 1 aromatic heterocycles. The summed E-state index contributed by atoms with van der Waals surface area (Å²) >= 11 is 0. The molecule has 182 valence electrons. The molecule has 0 radical (unpaired) electrons. The first-order valence-electron chi connectivity index (χ1n) is 10.9. The van der Waals surface area contributed by atoms with Gasteiger partial charge < -0.3 is 20.0 Å². The van der Waals surface area contributed by atoms with Gasteiger partial charge in [0.05, 0.1) is 11.2 Å². The van der Waals surface area contributed by atoms with Crippen LogP contribution in [0.3, 0.4) is 0 Å². The van der Waals surface area contributed by atoms with Gasteiger partial charge in [-0.2, -0.15) is 0 Å². The number of nitrogens with zero attached hydrogens (tertiary/aromatic N) is 4. The van der Waals surface area contributed by atoms with Gasteiger partial charge in [-0.05, 0) is 58.4 Å². The number of aromatic nitrogens is 1. The van der Waals surface area contributed by atoms with Crippen molar-refractivity contribution < 1.29 is 0 Å². The Hall–Kier alpha value is -1.19. The molecule has 1 aliphatic heterocycles. The van der Waals surface area contributed by atoms with Crippen LogP contribution in [0.4, 0.5) is 11.4 Å². The third-order valence-corrected chi connectivity index (χ3v) is 5.85. The minimum atomic E-state index is 0. The van der Waals surface area contributed by atoms with Crippen LogP contribution in [-0.4, -0.2) is 75.2 Å². The van der Waals surface area contributed by atoms with Gasteiger partial charge in [-0.1, -0.05) is 30.3 Å². The third kappa shape index (κ3) is 7.92. The van der Waals surface area contributed by atoms with Crippen molar-refractivity contribution in [1.29, 1.82) is 0 Å². The van der Waals surface area contributed by atoms with Gasteiger partial charge >= 0.3 is 0 Å². The van der Waals surface area contributed by atoms with Gasteiger partial charge in [0.25, 0.3) is 0 Å². The Kier molecular flexibility index (Phi) is 12.9.